The van der Waals surface area contributed by atoms with Crippen molar-refractivity contribution < 1.29 is 9.90 Å². The molecule has 0 aromatic carbocycles. The molecule has 2 N–H and O–H groups in total. The fourth-order valence-corrected chi connectivity index (χ4v) is 4.15. The van der Waals surface area contributed by atoms with Crippen molar-refractivity contribution in [3.63, 3.8) is 0 Å². The summed E-state index contributed by atoms with van der Waals surface area (Å²) in [5.41, 5.74) is 0. The van der Waals surface area contributed by atoms with Crippen molar-refractivity contribution in [1.82, 2.24) is 10.2 Å². The van der Waals surface area contributed by atoms with Gasteiger partial charge in [-0.05, 0) is 50.5 Å². The Morgan fingerprint density at radius 3 is 2.64 bits per heavy atom. The van der Waals surface area contributed by atoms with Crippen LogP contribution in [0.2, 0.25) is 0 Å². The van der Waals surface area contributed by atoms with E-state index in [9.17, 15) is 4.79 Å². The summed E-state index contributed by atoms with van der Waals surface area (Å²) in [4.78, 5) is 13.0. The number of nitrogens with zero attached hydrogens (tertiary/aromatic N) is 1. The second kappa shape index (κ2) is 8.30. The van der Waals surface area contributed by atoms with Gasteiger partial charge in [0.2, 0.25) is 0 Å². The van der Waals surface area contributed by atoms with Gasteiger partial charge in [0.1, 0.15) is 0 Å². The van der Waals surface area contributed by atoms with Crippen LogP contribution in [0, 0.1) is 11.8 Å². The molecule has 128 valence electrons. The van der Waals surface area contributed by atoms with E-state index in [0.717, 1.165) is 31.2 Å². The van der Waals surface area contributed by atoms with Gasteiger partial charge in [-0.3, -0.25) is 9.69 Å². The molecule has 0 saturated heterocycles. The summed E-state index contributed by atoms with van der Waals surface area (Å²) in [5, 5.41) is 12.8. The maximum absolute atomic E-state index is 10.9. The molecule has 0 bridgehead atoms. The first-order chi connectivity index (χ1) is 10.5. The number of aliphatic carboxylic acids is 1. The summed E-state index contributed by atoms with van der Waals surface area (Å²) in [6.45, 7) is 7.71. The predicted molar refractivity (Wildman–Crippen MR) is 90.0 cm³/mol. The maximum atomic E-state index is 10.9. The van der Waals surface area contributed by atoms with Gasteiger partial charge in [0.25, 0.3) is 0 Å². The average molecular weight is 310 g/mol. The highest BCUT2D eigenvalue weighted by atomic mass is 16.4. The Bertz CT molecular complexity index is 353. The summed E-state index contributed by atoms with van der Waals surface area (Å²) in [6, 6.07) is 1.78. The quantitative estimate of drug-likeness (QED) is 0.687. The number of hydrogen-bond donors (Lipinski definition) is 2. The number of hydrogen-bond acceptors (Lipinski definition) is 3. The SMILES string of the molecule is CCN(CC(=O)O)C1CC(NC2CCCC2CCC(C)C)C1. The van der Waals surface area contributed by atoms with Crippen LogP contribution in [0.5, 0.6) is 0 Å². The van der Waals surface area contributed by atoms with Gasteiger partial charge >= 0.3 is 5.97 Å². The smallest absolute Gasteiger partial charge is 0.317 e. The van der Waals surface area contributed by atoms with E-state index in [2.05, 4.69) is 31.0 Å². The van der Waals surface area contributed by atoms with Gasteiger partial charge in [-0.25, -0.2) is 0 Å². The van der Waals surface area contributed by atoms with E-state index in [1.807, 2.05) is 0 Å². The largest absolute Gasteiger partial charge is 0.480 e. The van der Waals surface area contributed by atoms with Crippen LogP contribution in [0.4, 0.5) is 0 Å². The molecule has 2 aliphatic carbocycles. The molecule has 2 unspecified atom stereocenters. The topological polar surface area (TPSA) is 52.6 Å². The van der Waals surface area contributed by atoms with Crippen molar-refractivity contribution in [2.75, 3.05) is 13.1 Å². The molecule has 2 fully saturated rings. The zero-order valence-electron chi connectivity index (χ0n) is 14.6. The Morgan fingerprint density at radius 1 is 1.32 bits per heavy atom. The minimum Gasteiger partial charge on any atom is -0.480 e. The fourth-order valence-electron chi connectivity index (χ4n) is 4.15. The Morgan fingerprint density at radius 2 is 2.05 bits per heavy atom. The molecule has 22 heavy (non-hydrogen) atoms. The molecule has 2 atom stereocenters. The number of likely N-dealkylation sites (N-methyl/N-ethyl adjacent to an activating group) is 1. The molecule has 4 heteroatoms. The molecule has 2 aliphatic rings. The second-order valence-electron chi connectivity index (χ2n) is 7.71. The average Bonchev–Trinajstić information content (AvgIpc) is 2.84. The van der Waals surface area contributed by atoms with Crippen molar-refractivity contribution >= 4 is 5.97 Å². The van der Waals surface area contributed by atoms with E-state index in [1.165, 1.54) is 32.1 Å². The fraction of sp³-hybridized carbons (Fsp3) is 0.944. The van der Waals surface area contributed by atoms with Crippen molar-refractivity contribution in [2.24, 2.45) is 11.8 Å². The van der Waals surface area contributed by atoms with Crippen molar-refractivity contribution in [1.29, 1.82) is 0 Å². The summed E-state index contributed by atoms with van der Waals surface area (Å²) in [6.07, 6.45) is 9.04. The van der Waals surface area contributed by atoms with Crippen LogP contribution in [-0.2, 0) is 4.79 Å². The van der Waals surface area contributed by atoms with Gasteiger partial charge in [0.15, 0.2) is 0 Å². The molecular formula is C18H34N2O2. The number of nitrogens with one attached hydrogen (secondary N) is 1. The van der Waals surface area contributed by atoms with Gasteiger partial charge in [-0.15, -0.1) is 0 Å². The molecule has 0 amide bonds. The predicted octanol–water partition coefficient (Wildman–Crippen LogP) is 3.12. The van der Waals surface area contributed by atoms with Crippen LogP contribution < -0.4 is 5.32 Å². The lowest BCUT2D eigenvalue weighted by Gasteiger charge is -2.44. The molecule has 0 radical (unpaired) electrons. The first-order valence-electron chi connectivity index (χ1n) is 9.21. The Labute approximate surface area is 135 Å². The highest BCUT2D eigenvalue weighted by Gasteiger charge is 2.37. The number of carbonyl (C=O) groups is 1. The van der Waals surface area contributed by atoms with E-state index in [0.29, 0.717) is 18.1 Å². The number of carboxylic acids is 1. The minimum atomic E-state index is -0.706. The van der Waals surface area contributed by atoms with Crippen LogP contribution in [0.1, 0.15) is 65.7 Å². The van der Waals surface area contributed by atoms with Crippen LogP contribution in [0.15, 0.2) is 0 Å². The zero-order chi connectivity index (χ0) is 16.1. The van der Waals surface area contributed by atoms with Crippen molar-refractivity contribution in [2.45, 2.75) is 83.8 Å². The third-order valence-electron chi connectivity index (χ3n) is 5.60. The summed E-state index contributed by atoms with van der Waals surface area (Å²) in [7, 11) is 0. The van der Waals surface area contributed by atoms with Gasteiger partial charge in [-0.1, -0.05) is 33.6 Å². The zero-order valence-corrected chi connectivity index (χ0v) is 14.6. The third kappa shape index (κ3) is 4.95. The lowest BCUT2D eigenvalue weighted by atomic mass is 9.83. The maximum Gasteiger partial charge on any atom is 0.317 e. The van der Waals surface area contributed by atoms with E-state index in [-0.39, 0.29) is 6.54 Å². The molecule has 2 saturated carbocycles. The van der Waals surface area contributed by atoms with Gasteiger partial charge in [-0.2, -0.15) is 0 Å². The third-order valence-corrected chi connectivity index (χ3v) is 5.60. The number of rotatable bonds is 9. The van der Waals surface area contributed by atoms with Gasteiger partial charge < -0.3 is 10.4 Å². The molecule has 0 aliphatic heterocycles. The van der Waals surface area contributed by atoms with Crippen LogP contribution >= 0.6 is 0 Å². The standard InChI is InChI=1S/C18H34N2O2/c1-4-20(12-18(21)22)16-10-15(11-16)19-17-7-5-6-14(17)9-8-13(2)3/h13-17,19H,4-12H2,1-3H3,(H,21,22). The Balaban J connectivity index is 1.71. The number of carboxylic acid groups (broad SMARTS) is 1. The Hall–Kier alpha value is -0.610. The molecular weight excluding hydrogens is 276 g/mol. The molecule has 0 aromatic rings. The lowest BCUT2D eigenvalue weighted by Crippen LogP contribution is -2.56. The second-order valence-corrected chi connectivity index (χ2v) is 7.71. The monoisotopic (exact) mass is 310 g/mol. The minimum absolute atomic E-state index is 0.189. The molecule has 0 spiro atoms. The van der Waals surface area contributed by atoms with Crippen molar-refractivity contribution in [3.8, 4) is 0 Å². The van der Waals surface area contributed by atoms with Crippen LogP contribution in [0.3, 0.4) is 0 Å². The lowest BCUT2D eigenvalue weighted by molar-refractivity contribution is -0.139. The van der Waals surface area contributed by atoms with Gasteiger partial charge in [0, 0.05) is 18.1 Å². The van der Waals surface area contributed by atoms with Crippen LogP contribution in [0.25, 0.3) is 0 Å². The van der Waals surface area contributed by atoms with Crippen LogP contribution in [-0.4, -0.2) is 47.2 Å². The normalized spacial score (nSPS) is 31.7. The summed E-state index contributed by atoms with van der Waals surface area (Å²) < 4.78 is 0. The summed E-state index contributed by atoms with van der Waals surface area (Å²) in [5.74, 6) is 0.967. The molecule has 2 rings (SSSR count). The van der Waals surface area contributed by atoms with E-state index >= 15 is 0 Å². The highest BCUT2D eigenvalue weighted by Crippen LogP contribution is 2.33. The van der Waals surface area contributed by atoms with E-state index in [4.69, 9.17) is 5.11 Å². The molecule has 0 aromatic heterocycles. The van der Waals surface area contributed by atoms with E-state index < -0.39 is 5.97 Å². The van der Waals surface area contributed by atoms with E-state index in [1.54, 1.807) is 0 Å². The summed E-state index contributed by atoms with van der Waals surface area (Å²) >= 11 is 0. The molecule has 0 heterocycles. The first kappa shape index (κ1) is 17.7. The van der Waals surface area contributed by atoms with Crippen molar-refractivity contribution in [3.05, 3.63) is 0 Å². The highest BCUT2D eigenvalue weighted by molar-refractivity contribution is 5.69. The van der Waals surface area contributed by atoms with Gasteiger partial charge in [0.05, 0.1) is 6.54 Å². The molecule has 4 nitrogen and oxygen atoms in total. The first-order valence-corrected chi connectivity index (χ1v) is 9.21. The Kier molecular flexibility index (Phi) is 6.69.